The Hall–Kier alpha value is -2.58. The fourth-order valence-corrected chi connectivity index (χ4v) is 3.17. The van der Waals surface area contributed by atoms with Crippen LogP contribution in [0.15, 0.2) is 53.4 Å². The summed E-state index contributed by atoms with van der Waals surface area (Å²) in [5.41, 5.74) is 2.71. The fraction of sp³-hybridized carbons (Fsp3) is 0.188. The van der Waals surface area contributed by atoms with Crippen molar-refractivity contribution in [1.82, 2.24) is 24.9 Å². The lowest BCUT2D eigenvalue weighted by Crippen LogP contribution is -2.18. The van der Waals surface area contributed by atoms with Crippen molar-refractivity contribution >= 4 is 10.0 Å². The lowest BCUT2D eigenvalue weighted by atomic mass is 9.99. The van der Waals surface area contributed by atoms with E-state index in [9.17, 15) is 8.42 Å². The highest BCUT2D eigenvalue weighted by atomic mass is 32.2. The van der Waals surface area contributed by atoms with Crippen molar-refractivity contribution < 1.29 is 8.42 Å². The summed E-state index contributed by atoms with van der Waals surface area (Å²) < 4.78 is 26.5. The number of nitrogens with one attached hydrogen (secondary N) is 1. The summed E-state index contributed by atoms with van der Waals surface area (Å²) in [5, 5.41) is 12.1. The lowest BCUT2D eigenvalue weighted by Gasteiger charge is -2.10. The van der Waals surface area contributed by atoms with Crippen molar-refractivity contribution in [3.05, 3.63) is 59.7 Å². The first-order valence-corrected chi connectivity index (χ1v) is 8.82. The summed E-state index contributed by atoms with van der Waals surface area (Å²) in [6.45, 7) is 0. The number of tetrazole rings is 1. The van der Waals surface area contributed by atoms with Crippen LogP contribution in [0.25, 0.3) is 11.4 Å². The van der Waals surface area contributed by atoms with Gasteiger partial charge in [-0.25, -0.2) is 13.1 Å². The van der Waals surface area contributed by atoms with Crippen LogP contribution in [0.1, 0.15) is 11.1 Å². The number of aryl methyl sites for hydroxylation is 1. The highest BCUT2D eigenvalue weighted by Gasteiger charge is 2.17. The monoisotopic (exact) mass is 343 g/mol. The van der Waals surface area contributed by atoms with Crippen LogP contribution < -0.4 is 4.72 Å². The van der Waals surface area contributed by atoms with E-state index in [1.165, 1.54) is 11.8 Å². The molecule has 0 unspecified atom stereocenters. The molecule has 24 heavy (non-hydrogen) atoms. The second kappa shape index (κ2) is 6.50. The quantitative estimate of drug-likeness (QED) is 0.756. The first-order valence-electron chi connectivity index (χ1n) is 7.34. The van der Waals surface area contributed by atoms with E-state index in [0.717, 1.165) is 11.1 Å². The first kappa shape index (κ1) is 16.3. The minimum absolute atomic E-state index is 0.171. The van der Waals surface area contributed by atoms with Crippen LogP contribution in [-0.4, -0.2) is 35.7 Å². The Morgan fingerprint density at radius 1 is 1.12 bits per heavy atom. The Kier molecular flexibility index (Phi) is 4.41. The Morgan fingerprint density at radius 3 is 2.50 bits per heavy atom. The van der Waals surface area contributed by atoms with Crippen LogP contribution in [0.5, 0.6) is 0 Å². The fourth-order valence-electron chi connectivity index (χ4n) is 2.41. The first-order chi connectivity index (χ1) is 11.5. The molecule has 2 aromatic carbocycles. The maximum absolute atomic E-state index is 12.1. The predicted molar refractivity (Wildman–Crippen MR) is 89.7 cm³/mol. The zero-order valence-electron chi connectivity index (χ0n) is 13.3. The van der Waals surface area contributed by atoms with Gasteiger partial charge in [-0.3, -0.25) is 0 Å². The van der Waals surface area contributed by atoms with Gasteiger partial charge >= 0.3 is 0 Å². The Balaban J connectivity index is 2.11. The van der Waals surface area contributed by atoms with E-state index in [2.05, 4.69) is 20.1 Å². The summed E-state index contributed by atoms with van der Waals surface area (Å²) in [6.07, 6.45) is 0.647. The van der Waals surface area contributed by atoms with E-state index in [4.69, 9.17) is 0 Å². The molecule has 124 valence electrons. The van der Waals surface area contributed by atoms with E-state index in [-0.39, 0.29) is 4.90 Å². The van der Waals surface area contributed by atoms with Crippen molar-refractivity contribution in [3.8, 4) is 11.4 Å². The van der Waals surface area contributed by atoms with Gasteiger partial charge in [0.1, 0.15) is 0 Å². The number of hydrogen-bond donors (Lipinski definition) is 1. The van der Waals surface area contributed by atoms with Gasteiger partial charge in [0.25, 0.3) is 0 Å². The molecule has 1 heterocycles. The molecule has 3 aromatic rings. The minimum Gasteiger partial charge on any atom is -0.214 e. The minimum atomic E-state index is -3.54. The van der Waals surface area contributed by atoms with E-state index in [0.29, 0.717) is 17.8 Å². The highest BCUT2D eigenvalue weighted by molar-refractivity contribution is 7.89. The summed E-state index contributed by atoms with van der Waals surface area (Å²) in [4.78, 5) is 1.52. The molecule has 8 heteroatoms. The predicted octanol–water partition coefficient (Wildman–Crippen LogP) is 1.38. The van der Waals surface area contributed by atoms with E-state index in [1.807, 2.05) is 30.3 Å². The van der Waals surface area contributed by atoms with Gasteiger partial charge in [0, 0.05) is 5.56 Å². The van der Waals surface area contributed by atoms with Crippen LogP contribution in [-0.2, 0) is 23.5 Å². The van der Waals surface area contributed by atoms with E-state index in [1.54, 1.807) is 25.2 Å². The molecule has 0 aliphatic rings. The number of benzene rings is 2. The topological polar surface area (TPSA) is 89.8 Å². The molecule has 3 rings (SSSR count). The summed E-state index contributed by atoms with van der Waals surface area (Å²) >= 11 is 0. The zero-order chi connectivity index (χ0) is 17.2. The Morgan fingerprint density at radius 2 is 1.88 bits per heavy atom. The molecule has 0 radical (unpaired) electrons. The van der Waals surface area contributed by atoms with Crippen LogP contribution in [0, 0.1) is 0 Å². The largest absolute Gasteiger partial charge is 0.240 e. The van der Waals surface area contributed by atoms with Gasteiger partial charge in [0.05, 0.1) is 11.9 Å². The summed E-state index contributed by atoms with van der Waals surface area (Å²) in [6, 6.07) is 14.9. The number of hydrogen-bond acceptors (Lipinski definition) is 5. The van der Waals surface area contributed by atoms with E-state index < -0.39 is 10.0 Å². The molecule has 0 aliphatic carbocycles. The van der Waals surface area contributed by atoms with Crippen LogP contribution in [0.4, 0.5) is 0 Å². The van der Waals surface area contributed by atoms with Crippen LogP contribution in [0.3, 0.4) is 0 Å². The second-order valence-corrected chi connectivity index (χ2v) is 7.18. The molecule has 0 saturated heterocycles. The molecule has 0 bridgehead atoms. The van der Waals surface area contributed by atoms with Gasteiger partial charge in [0.2, 0.25) is 15.8 Å². The number of aromatic nitrogens is 4. The SMILES string of the molecule is CNS(=O)(=O)c1ccc(Cc2ccccc2)c(-c2nnn(C)n2)c1. The Labute approximate surface area is 140 Å². The molecular weight excluding hydrogens is 326 g/mol. The molecule has 1 N–H and O–H groups in total. The lowest BCUT2D eigenvalue weighted by molar-refractivity contribution is 0.588. The number of sulfonamides is 1. The second-order valence-electron chi connectivity index (χ2n) is 5.29. The smallest absolute Gasteiger partial charge is 0.214 e. The third-order valence-corrected chi connectivity index (χ3v) is 5.06. The molecule has 7 nitrogen and oxygen atoms in total. The van der Waals surface area contributed by atoms with Gasteiger partial charge in [-0.15, -0.1) is 10.2 Å². The van der Waals surface area contributed by atoms with Crippen LogP contribution >= 0.6 is 0 Å². The molecule has 0 aliphatic heterocycles. The standard InChI is InChI=1S/C16H17N5O2S/c1-17-24(22,23)14-9-8-13(10-12-6-4-3-5-7-12)15(11-14)16-18-20-21(2)19-16/h3-9,11,17H,10H2,1-2H3. The molecule has 0 amide bonds. The average molecular weight is 343 g/mol. The summed E-state index contributed by atoms with van der Waals surface area (Å²) in [7, 11) is -0.494. The molecule has 1 aromatic heterocycles. The third kappa shape index (κ3) is 3.34. The maximum atomic E-state index is 12.1. The zero-order valence-corrected chi connectivity index (χ0v) is 14.2. The van der Waals surface area contributed by atoms with Gasteiger partial charge < -0.3 is 0 Å². The third-order valence-electron chi connectivity index (χ3n) is 3.65. The van der Waals surface area contributed by atoms with Crippen molar-refractivity contribution in [1.29, 1.82) is 0 Å². The summed E-state index contributed by atoms with van der Waals surface area (Å²) in [5.74, 6) is 0.400. The van der Waals surface area contributed by atoms with Crippen LogP contribution in [0.2, 0.25) is 0 Å². The molecule has 0 fully saturated rings. The van der Waals surface area contributed by atoms with Crippen molar-refractivity contribution in [2.45, 2.75) is 11.3 Å². The van der Waals surface area contributed by atoms with Crippen molar-refractivity contribution in [2.24, 2.45) is 7.05 Å². The molecular formula is C16H17N5O2S. The number of nitrogens with zero attached hydrogens (tertiary/aromatic N) is 4. The average Bonchev–Trinajstić information content (AvgIpc) is 3.02. The van der Waals surface area contributed by atoms with Gasteiger partial charge in [-0.1, -0.05) is 36.4 Å². The Bertz CT molecular complexity index is 952. The number of rotatable bonds is 5. The highest BCUT2D eigenvalue weighted by Crippen LogP contribution is 2.26. The van der Waals surface area contributed by atoms with Gasteiger partial charge in [-0.05, 0) is 41.9 Å². The van der Waals surface area contributed by atoms with Gasteiger partial charge in [0.15, 0.2) is 0 Å². The molecule has 0 atom stereocenters. The molecule has 0 spiro atoms. The normalized spacial score (nSPS) is 11.6. The van der Waals surface area contributed by atoms with E-state index >= 15 is 0 Å². The van der Waals surface area contributed by atoms with Crippen molar-refractivity contribution in [3.63, 3.8) is 0 Å². The maximum Gasteiger partial charge on any atom is 0.240 e. The molecule has 0 saturated carbocycles. The van der Waals surface area contributed by atoms with Gasteiger partial charge in [-0.2, -0.15) is 4.80 Å². The van der Waals surface area contributed by atoms with Crippen molar-refractivity contribution in [2.75, 3.05) is 7.05 Å².